The molecule has 0 aromatic carbocycles. The van der Waals surface area contributed by atoms with E-state index in [2.05, 4.69) is 6.92 Å². The minimum absolute atomic E-state index is 0.0685. The maximum Gasteiger partial charge on any atom is 0.152 e. The van der Waals surface area contributed by atoms with Gasteiger partial charge in [0.15, 0.2) is 5.78 Å². The number of hydrogen-bond acceptors (Lipinski definition) is 2. The highest BCUT2D eigenvalue weighted by atomic mass is 16.1. The van der Waals surface area contributed by atoms with E-state index in [0.717, 1.165) is 6.42 Å². The maximum absolute atomic E-state index is 11.3. The lowest BCUT2D eigenvalue weighted by Gasteiger charge is -2.18. The van der Waals surface area contributed by atoms with Gasteiger partial charge in [0.2, 0.25) is 0 Å². The number of hydrogen-bond donors (Lipinski definition) is 1. The van der Waals surface area contributed by atoms with Crippen molar-refractivity contribution in [2.45, 2.75) is 40.2 Å². The summed E-state index contributed by atoms with van der Waals surface area (Å²) >= 11 is 0. The van der Waals surface area contributed by atoms with Gasteiger partial charge in [0.1, 0.15) is 0 Å². The Bertz CT molecular complexity index is 132. The lowest BCUT2D eigenvalue weighted by Crippen LogP contribution is -2.39. The van der Waals surface area contributed by atoms with Crippen molar-refractivity contribution in [3.63, 3.8) is 0 Å². The molecule has 0 saturated carbocycles. The molecule has 0 aromatic rings. The summed E-state index contributed by atoms with van der Waals surface area (Å²) in [5.41, 5.74) is 5.72. The molecule has 2 heteroatoms. The van der Waals surface area contributed by atoms with E-state index < -0.39 is 0 Å². The fraction of sp³-hybridized carbons (Fsp3) is 0.889. The van der Waals surface area contributed by atoms with Crippen LogP contribution in [0.5, 0.6) is 0 Å². The van der Waals surface area contributed by atoms with Crippen LogP contribution in [-0.4, -0.2) is 11.8 Å². The molecule has 0 aromatic heterocycles. The Morgan fingerprint density at radius 2 is 1.82 bits per heavy atom. The first kappa shape index (κ1) is 10.6. The zero-order valence-electron chi connectivity index (χ0n) is 7.92. The molecule has 0 aliphatic rings. The van der Waals surface area contributed by atoms with Crippen molar-refractivity contribution in [2.75, 3.05) is 0 Å². The molecule has 2 N–H and O–H groups in total. The van der Waals surface area contributed by atoms with Gasteiger partial charge in [0.25, 0.3) is 0 Å². The molecule has 0 aliphatic heterocycles. The third-order valence-corrected chi connectivity index (χ3v) is 2.15. The quantitative estimate of drug-likeness (QED) is 0.673. The third kappa shape index (κ3) is 3.02. The minimum Gasteiger partial charge on any atom is -0.321 e. The Hall–Kier alpha value is -0.370. The molecule has 0 amide bonds. The Labute approximate surface area is 69.2 Å². The highest BCUT2D eigenvalue weighted by molar-refractivity contribution is 5.85. The molecule has 0 bridgehead atoms. The third-order valence-electron chi connectivity index (χ3n) is 2.15. The molecule has 0 aliphatic carbocycles. The van der Waals surface area contributed by atoms with E-state index in [0.29, 0.717) is 5.92 Å². The van der Waals surface area contributed by atoms with Crippen LogP contribution >= 0.6 is 0 Å². The SMILES string of the molecule is CC[C@@H](C)[C@H](N)C(=O)C(C)C. The molecule has 2 atom stereocenters. The number of Topliss-reactive ketones (excluding diaryl/α,β-unsaturated/α-hetero) is 1. The second-order valence-electron chi connectivity index (χ2n) is 3.47. The molecule has 0 spiro atoms. The van der Waals surface area contributed by atoms with E-state index in [1.807, 2.05) is 20.8 Å². The van der Waals surface area contributed by atoms with Gasteiger partial charge in [-0.25, -0.2) is 0 Å². The standard InChI is InChI=1S/C9H19NO/c1-5-7(4)8(10)9(11)6(2)3/h6-8H,5,10H2,1-4H3/t7-,8+/m1/s1. The lowest BCUT2D eigenvalue weighted by atomic mass is 9.91. The predicted molar refractivity (Wildman–Crippen MR) is 47.3 cm³/mol. The summed E-state index contributed by atoms with van der Waals surface area (Å²) in [6.45, 7) is 7.86. The van der Waals surface area contributed by atoms with Crippen LogP contribution in [0.4, 0.5) is 0 Å². The molecule has 0 saturated heterocycles. The predicted octanol–water partition coefficient (Wildman–Crippen LogP) is 1.58. The first-order chi connectivity index (χ1) is 5.00. The summed E-state index contributed by atoms with van der Waals surface area (Å²) in [5.74, 6) is 0.559. The summed E-state index contributed by atoms with van der Waals surface area (Å²) in [4.78, 5) is 11.3. The molecule has 0 fully saturated rings. The average molecular weight is 157 g/mol. The summed E-state index contributed by atoms with van der Waals surface area (Å²) in [7, 11) is 0. The number of rotatable bonds is 4. The molecule has 0 rings (SSSR count). The fourth-order valence-corrected chi connectivity index (χ4v) is 0.919. The van der Waals surface area contributed by atoms with Gasteiger partial charge in [-0.3, -0.25) is 4.79 Å². The normalized spacial score (nSPS) is 16.5. The van der Waals surface area contributed by atoms with E-state index in [-0.39, 0.29) is 17.7 Å². The minimum atomic E-state index is -0.264. The first-order valence-electron chi connectivity index (χ1n) is 4.30. The van der Waals surface area contributed by atoms with E-state index in [9.17, 15) is 4.79 Å². The molecule has 66 valence electrons. The smallest absolute Gasteiger partial charge is 0.152 e. The van der Waals surface area contributed by atoms with Crippen LogP contribution in [0.25, 0.3) is 0 Å². The van der Waals surface area contributed by atoms with Gasteiger partial charge in [0.05, 0.1) is 6.04 Å². The maximum atomic E-state index is 11.3. The number of nitrogens with two attached hydrogens (primary N) is 1. The van der Waals surface area contributed by atoms with E-state index in [4.69, 9.17) is 5.73 Å². The topological polar surface area (TPSA) is 43.1 Å². The van der Waals surface area contributed by atoms with Crippen molar-refractivity contribution in [1.82, 2.24) is 0 Å². The molecular weight excluding hydrogens is 138 g/mol. The van der Waals surface area contributed by atoms with Gasteiger partial charge in [-0.2, -0.15) is 0 Å². The van der Waals surface area contributed by atoms with Crippen molar-refractivity contribution in [3.8, 4) is 0 Å². The highest BCUT2D eigenvalue weighted by Gasteiger charge is 2.21. The van der Waals surface area contributed by atoms with Crippen LogP contribution in [0.1, 0.15) is 34.1 Å². The lowest BCUT2D eigenvalue weighted by molar-refractivity contribution is -0.124. The Morgan fingerprint density at radius 1 is 1.36 bits per heavy atom. The Balaban J connectivity index is 4.02. The van der Waals surface area contributed by atoms with Crippen LogP contribution in [-0.2, 0) is 4.79 Å². The van der Waals surface area contributed by atoms with Crippen LogP contribution in [0.2, 0.25) is 0 Å². The first-order valence-corrected chi connectivity index (χ1v) is 4.30. The van der Waals surface area contributed by atoms with Crippen molar-refractivity contribution in [1.29, 1.82) is 0 Å². The average Bonchev–Trinajstić information content (AvgIpc) is 2.00. The second-order valence-corrected chi connectivity index (χ2v) is 3.47. The van der Waals surface area contributed by atoms with E-state index >= 15 is 0 Å². The van der Waals surface area contributed by atoms with Crippen LogP contribution < -0.4 is 5.73 Å². The van der Waals surface area contributed by atoms with E-state index in [1.165, 1.54) is 0 Å². The second kappa shape index (κ2) is 4.50. The Kier molecular flexibility index (Phi) is 4.34. The van der Waals surface area contributed by atoms with Crippen LogP contribution in [0.15, 0.2) is 0 Å². The Morgan fingerprint density at radius 3 is 2.09 bits per heavy atom. The number of carbonyl (C=O) groups excluding carboxylic acids is 1. The number of carbonyl (C=O) groups is 1. The van der Waals surface area contributed by atoms with Gasteiger partial charge in [-0.05, 0) is 5.92 Å². The van der Waals surface area contributed by atoms with Crippen LogP contribution in [0, 0.1) is 11.8 Å². The van der Waals surface area contributed by atoms with Crippen molar-refractivity contribution < 1.29 is 4.79 Å². The van der Waals surface area contributed by atoms with Crippen LogP contribution in [0.3, 0.4) is 0 Å². The summed E-state index contributed by atoms with van der Waals surface area (Å²) < 4.78 is 0. The van der Waals surface area contributed by atoms with Gasteiger partial charge in [-0.1, -0.05) is 34.1 Å². The molecule has 2 nitrogen and oxygen atoms in total. The largest absolute Gasteiger partial charge is 0.321 e. The molecule has 0 radical (unpaired) electrons. The number of ketones is 1. The van der Waals surface area contributed by atoms with Gasteiger partial charge in [0, 0.05) is 5.92 Å². The summed E-state index contributed by atoms with van der Waals surface area (Å²) in [6.07, 6.45) is 0.972. The zero-order valence-corrected chi connectivity index (χ0v) is 7.92. The van der Waals surface area contributed by atoms with Gasteiger partial charge >= 0.3 is 0 Å². The molecule has 11 heavy (non-hydrogen) atoms. The zero-order chi connectivity index (χ0) is 9.02. The van der Waals surface area contributed by atoms with Crippen molar-refractivity contribution in [2.24, 2.45) is 17.6 Å². The van der Waals surface area contributed by atoms with Crippen molar-refractivity contribution >= 4 is 5.78 Å². The summed E-state index contributed by atoms with van der Waals surface area (Å²) in [6, 6.07) is -0.264. The van der Waals surface area contributed by atoms with Gasteiger partial charge < -0.3 is 5.73 Å². The molecule has 0 unspecified atom stereocenters. The molecular formula is C9H19NO. The highest BCUT2D eigenvalue weighted by Crippen LogP contribution is 2.10. The summed E-state index contributed by atoms with van der Waals surface area (Å²) in [5, 5.41) is 0. The monoisotopic (exact) mass is 157 g/mol. The fourth-order valence-electron chi connectivity index (χ4n) is 0.919. The molecule has 0 heterocycles. The van der Waals surface area contributed by atoms with Gasteiger partial charge in [-0.15, -0.1) is 0 Å². The van der Waals surface area contributed by atoms with E-state index in [1.54, 1.807) is 0 Å². The van der Waals surface area contributed by atoms with Crippen molar-refractivity contribution in [3.05, 3.63) is 0 Å².